The average Bonchev–Trinajstić information content (AvgIpc) is 2.63. The molecule has 1 aromatic rings. The van der Waals surface area contributed by atoms with Crippen molar-refractivity contribution < 1.29 is 8.42 Å². The van der Waals surface area contributed by atoms with Crippen LogP contribution in [0.5, 0.6) is 0 Å². The number of nitrogens with one attached hydrogen (secondary N) is 1. The van der Waals surface area contributed by atoms with Gasteiger partial charge in [-0.2, -0.15) is 12.7 Å². The fourth-order valence-corrected chi connectivity index (χ4v) is 4.39. The molecule has 0 atom stereocenters. The van der Waals surface area contributed by atoms with Crippen LogP contribution in [0.15, 0.2) is 24.3 Å². The van der Waals surface area contributed by atoms with Crippen molar-refractivity contribution in [3.63, 3.8) is 0 Å². The summed E-state index contributed by atoms with van der Waals surface area (Å²) in [5.74, 6) is 0. The summed E-state index contributed by atoms with van der Waals surface area (Å²) in [7, 11) is -0.413. The van der Waals surface area contributed by atoms with E-state index in [2.05, 4.69) is 14.5 Å². The van der Waals surface area contributed by atoms with Crippen LogP contribution in [0.25, 0.3) is 0 Å². The number of rotatable bonds is 5. The van der Waals surface area contributed by atoms with Crippen LogP contribution in [0, 0.1) is 0 Å². The van der Waals surface area contributed by atoms with Crippen molar-refractivity contribution in [3.8, 4) is 0 Å². The molecule has 1 saturated heterocycles. The minimum atomic E-state index is -3.45. The number of benzene rings is 1. The van der Waals surface area contributed by atoms with Crippen LogP contribution in [-0.2, 0) is 10.2 Å². The maximum Gasteiger partial charge on any atom is 0.301 e. The lowest BCUT2D eigenvalue weighted by Crippen LogP contribution is -2.50. The van der Waals surface area contributed by atoms with Gasteiger partial charge in [-0.15, -0.1) is 0 Å². The third-order valence-corrected chi connectivity index (χ3v) is 6.82. The molecular weight excluding hydrogens is 336 g/mol. The van der Waals surface area contributed by atoms with Crippen molar-refractivity contribution in [2.75, 3.05) is 49.9 Å². The summed E-state index contributed by atoms with van der Waals surface area (Å²) in [5.41, 5.74) is 1.76. The molecule has 6 nitrogen and oxygen atoms in total. The molecule has 25 heavy (non-hydrogen) atoms. The first-order valence-electron chi connectivity index (χ1n) is 9.25. The van der Waals surface area contributed by atoms with Gasteiger partial charge in [0.05, 0.1) is 0 Å². The summed E-state index contributed by atoms with van der Waals surface area (Å²) < 4.78 is 27.5. The first-order valence-corrected chi connectivity index (χ1v) is 10.7. The van der Waals surface area contributed by atoms with E-state index in [1.807, 2.05) is 24.3 Å². The highest BCUT2D eigenvalue weighted by atomic mass is 32.2. The predicted molar refractivity (Wildman–Crippen MR) is 103 cm³/mol. The van der Waals surface area contributed by atoms with Gasteiger partial charge in [0.2, 0.25) is 0 Å². The molecule has 1 N–H and O–H groups in total. The average molecular weight is 367 g/mol. The molecule has 0 amide bonds. The molecule has 7 heteroatoms. The molecule has 2 fully saturated rings. The molecule has 1 aliphatic heterocycles. The molecule has 1 aliphatic carbocycles. The molecule has 1 aromatic carbocycles. The first kappa shape index (κ1) is 18.5. The van der Waals surface area contributed by atoms with Crippen LogP contribution in [0.2, 0.25) is 0 Å². The van der Waals surface area contributed by atoms with E-state index in [0.29, 0.717) is 5.69 Å². The molecule has 0 radical (unpaired) electrons. The second-order valence-corrected chi connectivity index (χ2v) is 9.14. The van der Waals surface area contributed by atoms with Crippen LogP contribution < -0.4 is 9.62 Å². The van der Waals surface area contributed by atoms with Crippen LogP contribution in [0.4, 0.5) is 11.4 Å². The van der Waals surface area contributed by atoms with Gasteiger partial charge in [0.15, 0.2) is 0 Å². The molecule has 2 aliphatic rings. The van der Waals surface area contributed by atoms with E-state index >= 15 is 0 Å². The zero-order chi connectivity index (χ0) is 17.9. The Bertz CT molecular complexity index is 646. The van der Waals surface area contributed by atoms with Crippen LogP contribution in [-0.4, -0.2) is 63.9 Å². The van der Waals surface area contributed by atoms with Gasteiger partial charge in [-0.1, -0.05) is 19.3 Å². The number of anilines is 2. The molecule has 1 heterocycles. The highest BCUT2D eigenvalue weighted by molar-refractivity contribution is 7.90. The topological polar surface area (TPSA) is 55.9 Å². The smallest absolute Gasteiger partial charge is 0.301 e. The van der Waals surface area contributed by atoms with E-state index in [4.69, 9.17) is 0 Å². The second kappa shape index (κ2) is 7.93. The minimum absolute atomic E-state index is 0.596. The second-order valence-electron chi connectivity index (χ2n) is 7.25. The summed E-state index contributed by atoms with van der Waals surface area (Å²) in [6.45, 7) is 4.33. The van der Waals surface area contributed by atoms with Gasteiger partial charge >= 0.3 is 10.2 Å². The number of hydrogen-bond acceptors (Lipinski definition) is 4. The summed E-state index contributed by atoms with van der Waals surface area (Å²) in [5, 5.41) is 0. The van der Waals surface area contributed by atoms with Crippen molar-refractivity contribution in [1.82, 2.24) is 9.21 Å². The van der Waals surface area contributed by atoms with E-state index in [-0.39, 0.29) is 0 Å². The van der Waals surface area contributed by atoms with E-state index in [1.54, 1.807) is 0 Å². The standard InChI is InChI=1S/C18H30N4O2S/c1-20(2)25(23,24)19-16-8-10-18(11-9-16)22-14-12-21(13-15-22)17-6-4-3-5-7-17/h8-11,17,19H,3-7,12-15H2,1-2H3. The Hall–Kier alpha value is -1.31. The predicted octanol–water partition coefficient (Wildman–Crippen LogP) is 2.36. The Kier molecular flexibility index (Phi) is 5.86. The number of piperazine rings is 1. The zero-order valence-corrected chi connectivity index (χ0v) is 16.1. The summed E-state index contributed by atoms with van der Waals surface area (Å²) in [6.07, 6.45) is 6.90. The lowest BCUT2D eigenvalue weighted by Gasteiger charge is -2.41. The first-order chi connectivity index (χ1) is 12.0. The third-order valence-electron chi connectivity index (χ3n) is 5.37. The van der Waals surface area contributed by atoms with Crippen molar-refractivity contribution in [2.45, 2.75) is 38.1 Å². The van der Waals surface area contributed by atoms with Gasteiger partial charge < -0.3 is 4.90 Å². The molecule has 1 saturated carbocycles. The molecule has 140 valence electrons. The van der Waals surface area contributed by atoms with Crippen LogP contribution in [0.3, 0.4) is 0 Å². The largest absolute Gasteiger partial charge is 0.369 e. The Morgan fingerprint density at radius 2 is 1.56 bits per heavy atom. The highest BCUT2D eigenvalue weighted by Crippen LogP contribution is 2.25. The monoisotopic (exact) mass is 366 g/mol. The molecule has 0 unspecified atom stereocenters. The number of nitrogens with zero attached hydrogens (tertiary/aromatic N) is 3. The van der Waals surface area contributed by atoms with Gasteiger partial charge in [-0.25, -0.2) is 0 Å². The van der Waals surface area contributed by atoms with Gasteiger partial charge in [0.25, 0.3) is 0 Å². The summed E-state index contributed by atoms with van der Waals surface area (Å²) in [6, 6.07) is 8.47. The number of hydrogen-bond donors (Lipinski definition) is 1. The molecular formula is C18H30N4O2S. The van der Waals surface area contributed by atoms with Crippen LogP contribution >= 0.6 is 0 Å². The van der Waals surface area contributed by atoms with E-state index in [9.17, 15) is 8.42 Å². The maximum atomic E-state index is 11.9. The van der Waals surface area contributed by atoms with Crippen molar-refractivity contribution >= 4 is 21.6 Å². The fraction of sp³-hybridized carbons (Fsp3) is 0.667. The fourth-order valence-electron chi connectivity index (χ4n) is 3.77. The van der Waals surface area contributed by atoms with Gasteiger partial charge in [0.1, 0.15) is 0 Å². The Morgan fingerprint density at radius 3 is 2.12 bits per heavy atom. The lowest BCUT2D eigenvalue weighted by molar-refractivity contribution is 0.148. The highest BCUT2D eigenvalue weighted by Gasteiger charge is 2.25. The SMILES string of the molecule is CN(C)S(=O)(=O)Nc1ccc(N2CCN(C3CCCCC3)CC2)cc1. The van der Waals surface area contributed by atoms with Crippen LogP contribution in [0.1, 0.15) is 32.1 Å². The van der Waals surface area contributed by atoms with Crippen molar-refractivity contribution in [1.29, 1.82) is 0 Å². The van der Waals surface area contributed by atoms with E-state index in [1.165, 1.54) is 50.5 Å². The minimum Gasteiger partial charge on any atom is -0.369 e. The Labute approximate surface area is 152 Å². The van der Waals surface area contributed by atoms with Crippen molar-refractivity contribution in [2.24, 2.45) is 0 Å². The molecule has 0 aromatic heterocycles. The van der Waals surface area contributed by atoms with Gasteiger partial charge in [-0.3, -0.25) is 9.62 Å². The zero-order valence-electron chi connectivity index (χ0n) is 15.3. The Morgan fingerprint density at radius 1 is 0.960 bits per heavy atom. The molecule has 0 spiro atoms. The van der Waals surface area contributed by atoms with Crippen molar-refractivity contribution in [3.05, 3.63) is 24.3 Å². The van der Waals surface area contributed by atoms with Gasteiger partial charge in [-0.05, 0) is 37.1 Å². The summed E-state index contributed by atoms with van der Waals surface area (Å²) in [4.78, 5) is 5.05. The molecule has 0 bridgehead atoms. The van der Waals surface area contributed by atoms with E-state index < -0.39 is 10.2 Å². The lowest BCUT2D eigenvalue weighted by atomic mass is 9.94. The summed E-state index contributed by atoms with van der Waals surface area (Å²) >= 11 is 0. The third kappa shape index (κ3) is 4.65. The quantitative estimate of drug-likeness (QED) is 0.869. The maximum absolute atomic E-state index is 11.9. The van der Waals surface area contributed by atoms with E-state index in [0.717, 1.165) is 37.9 Å². The molecule has 3 rings (SSSR count). The van der Waals surface area contributed by atoms with Gasteiger partial charge in [0, 0.05) is 57.7 Å². The normalized spacial score (nSPS) is 20.8. The Balaban J connectivity index is 1.55.